The lowest BCUT2D eigenvalue weighted by Crippen LogP contribution is -2.38. The smallest absolute Gasteiger partial charge is 0.258 e. The van der Waals surface area contributed by atoms with Crippen molar-refractivity contribution in [2.75, 3.05) is 20.2 Å². The Bertz CT molecular complexity index is 1480. The molecular formula is C29H29N5O3. The van der Waals surface area contributed by atoms with Gasteiger partial charge in [0.2, 0.25) is 0 Å². The summed E-state index contributed by atoms with van der Waals surface area (Å²) < 4.78 is 5.31. The van der Waals surface area contributed by atoms with Crippen molar-refractivity contribution < 1.29 is 9.53 Å². The van der Waals surface area contributed by atoms with Gasteiger partial charge in [-0.1, -0.05) is 61.5 Å². The van der Waals surface area contributed by atoms with E-state index in [0.717, 1.165) is 22.6 Å². The maximum absolute atomic E-state index is 13.6. The van der Waals surface area contributed by atoms with E-state index in [4.69, 9.17) is 9.84 Å². The van der Waals surface area contributed by atoms with Gasteiger partial charge in [0.25, 0.3) is 11.5 Å². The quantitative estimate of drug-likeness (QED) is 0.397. The molecule has 1 amide bonds. The van der Waals surface area contributed by atoms with Gasteiger partial charge in [-0.3, -0.25) is 14.5 Å². The number of methoxy groups -OCH3 is 1. The zero-order chi connectivity index (χ0) is 25.8. The van der Waals surface area contributed by atoms with Crippen molar-refractivity contribution >= 4 is 22.5 Å². The van der Waals surface area contributed by atoms with Crippen LogP contribution in [0.3, 0.4) is 0 Å². The molecule has 8 heteroatoms. The summed E-state index contributed by atoms with van der Waals surface area (Å²) in [6.45, 7) is 3.08. The summed E-state index contributed by atoms with van der Waals surface area (Å²) in [7, 11) is 1.63. The molecule has 0 saturated carbocycles. The highest BCUT2D eigenvalue weighted by atomic mass is 16.5. The number of benzene rings is 3. The van der Waals surface area contributed by atoms with Gasteiger partial charge in [-0.15, -0.1) is 0 Å². The molecule has 37 heavy (non-hydrogen) atoms. The molecule has 8 nitrogen and oxygen atoms in total. The van der Waals surface area contributed by atoms with Gasteiger partial charge in [0, 0.05) is 6.42 Å². The highest BCUT2D eigenvalue weighted by Crippen LogP contribution is 2.33. The third-order valence-corrected chi connectivity index (χ3v) is 6.61. The zero-order valence-electron chi connectivity index (χ0n) is 20.9. The number of fused-ring (bicyclic) bond motifs is 1. The lowest BCUT2D eigenvalue weighted by molar-refractivity contribution is -0.134. The van der Waals surface area contributed by atoms with Gasteiger partial charge in [-0.2, -0.15) is 5.10 Å². The summed E-state index contributed by atoms with van der Waals surface area (Å²) in [5.74, 6) is 1.18. The highest BCUT2D eigenvalue weighted by molar-refractivity contribution is 6.03. The number of aromatic amines is 1. The maximum Gasteiger partial charge on any atom is 0.258 e. The van der Waals surface area contributed by atoms with Crippen molar-refractivity contribution in [3.8, 4) is 5.75 Å². The molecule has 0 aliphatic carbocycles. The van der Waals surface area contributed by atoms with E-state index in [9.17, 15) is 9.59 Å². The molecular weight excluding hydrogens is 466 g/mol. The third kappa shape index (κ3) is 5.29. The molecule has 1 aliphatic heterocycles. The summed E-state index contributed by atoms with van der Waals surface area (Å²) >= 11 is 0. The zero-order valence-corrected chi connectivity index (χ0v) is 20.9. The minimum Gasteiger partial charge on any atom is -0.497 e. The molecule has 2 heterocycles. The van der Waals surface area contributed by atoms with Crippen LogP contribution in [0, 0.1) is 0 Å². The Morgan fingerprint density at radius 3 is 2.51 bits per heavy atom. The Morgan fingerprint density at radius 2 is 1.78 bits per heavy atom. The van der Waals surface area contributed by atoms with Crippen LogP contribution in [-0.4, -0.2) is 51.7 Å². The number of carbonyl (C=O) groups excluding carboxylic acids is 1. The van der Waals surface area contributed by atoms with Gasteiger partial charge >= 0.3 is 0 Å². The average molecular weight is 496 g/mol. The molecule has 1 N–H and O–H groups in total. The Labute approximate surface area is 215 Å². The number of ether oxygens (including phenoxy) is 1. The van der Waals surface area contributed by atoms with Crippen LogP contribution in [0.2, 0.25) is 0 Å². The second-order valence-electron chi connectivity index (χ2n) is 8.98. The molecule has 0 radical (unpaired) electrons. The van der Waals surface area contributed by atoms with Crippen LogP contribution in [0.5, 0.6) is 5.75 Å². The van der Waals surface area contributed by atoms with Crippen LogP contribution in [0.25, 0.3) is 10.9 Å². The first-order chi connectivity index (χ1) is 18.1. The first kappa shape index (κ1) is 24.4. The maximum atomic E-state index is 13.6. The van der Waals surface area contributed by atoms with Crippen molar-refractivity contribution in [3.05, 3.63) is 106 Å². The van der Waals surface area contributed by atoms with Gasteiger partial charge in [0.15, 0.2) is 0 Å². The highest BCUT2D eigenvalue weighted by Gasteiger charge is 2.33. The van der Waals surface area contributed by atoms with E-state index >= 15 is 0 Å². The number of amides is 1. The van der Waals surface area contributed by atoms with Crippen molar-refractivity contribution in [1.29, 1.82) is 0 Å². The fourth-order valence-corrected chi connectivity index (χ4v) is 4.60. The molecule has 1 aromatic heterocycles. The van der Waals surface area contributed by atoms with E-state index in [1.54, 1.807) is 18.2 Å². The molecule has 0 fully saturated rings. The van der Waals surface area contributed by atoms with E-state index in [2.05, 4.69) is 9.97 Å². The second-order valence-corrected chi connectivity index (χ2v) is 8.98. The van der Waals surface area contributed by atoms with Crippen molar-refractivity contribution in [3.63, 3.8) is 0 Å². The van der Waals surface area contributed by atoms with Gasteiger partial charge in [0.05, 0.1) is 42.9 Å². The van der Waals surface area contributed by atoms with Gasteiger partial charge in [-0.25, -0.2) is 9.99 Å². The summed E-state index contributed by atoms with van der Waals surface area (Å²) in [5, 5.41) is 6.93. The minimum absolute atomic E-state index is 0.114. The van der Waals surface area contributed by atoms with Crippen LogP contribution in [-0.2, 0) is 11.3 Å². The topological polar surface area (TPSA) is 90.9 Å². The van der Waals surface area contributed by atoms with E-state index in [1.807, 2.05) is 84.6 Å². The minimum atomic E-state index is -0.217. The SMILES string of the molecule is CCN(CC(=O)N1N=C(c2ccccc2)C[C@H]1c1ccc(OC)cc1)Cc1nc2ccccc2c(=O)[nH]1. The van der Waals surface area contributed by atoms with E-state index in [1.165, 1.54) is 0 Å². The molecule has 1 aliphatic rings. The normalized spacial score (nSPS) is 15.3. The van der Waals surface area contributed by atoms with E-state index in [0.29, 0.717) is 36.2 Å². The van der Waals surface area contributed by atoms with Crippen molar-refractivity contribution in [2.45, 2.75) is 25.9 Å². The van der Waals surface area contributed by atoms with E-state index < -0.39 is 0 Å². The Hall–Kier alpha value is -4.30. The lowest BCUT2D eigenvalue weighted by Gasteiger charge is -2.26. The summed E-state index contributed by atoms with van der Waals surface area (Å²) in [6, 6.07) is 24.7. The van der Waals surface area contributed by atoms with Gasteiger partial charge in [0.1, 0.15) is 11.6 Å². The number of hydrazone groups is 1. The Morgan fingerprint density at radius 1 is 1.05 bits per heavy atom. The van der Waals surface area contributed by atoms with Crippen LogP contribution < -0.4 is 10.3 Å². The fraction of sp³-hybridized carbons (Fsp3) is 0.241. The Kier molecular flexibility index (Phi) is 7.09. The number of hydrogen-bond acceptors (Lipinski definition) is 6. The number of hydrogen-bond donors (Lipinski definition) is 1. The monoisotopic (exact) mass is 495 g/mol. The molecule has 5 rings (SSSR count). The third-order valence-electron chi connectivity index (χ3n) is 6.61. The molecule has 0 spiro atoms. The number of H-pyrrole nitrogens is 1. The number of carbonyl (C=O) groups is 1. The summed E-state index contributed by atoms with van der Waals surface area (Å²) in [6.07, 6.45) is 0.619. The fourth-order valence-electron chi connectivity index (χ4n) is 4.60. The molecule has 1 atom stereocenters. The molecule has 4 aromatic rings. The van der Waals surface area contributed by atoms with Crippen LogP contribution in [0.1, 0.15) is 36.3 Å². The predicted molar refractivity (Wildman–Crippen MR) is 143 cm³/mol. The predicted octanol–water partition coefficient (Wildman–Crippen LogP) is 4.13. The van der Waals surface area contributed by atoms with Crippen molar-refractivity contribution in [1.82, 2.24) is 19.9 Å². The van der Waals surface area contributed by atoms with Gasteiger partial charge < -0.3 is 9.72 Å². The second kappa shape index (κ2) is 10.8. The first-order valence-electron chi connectivity index (χ1n) is 12.3. The van der Waals surface area contributed by atoms with Crippen molar-refractivity contribution in [2.24, 2.45) is 5.10 Å². The molecule has 3 aromatic carbocycles. The number of aromatic nitrogens is 2. The molecule has 0 bridgehead atoms. The molecule has 0 unspecified atom stereocenters. The molecule has 188 valence electrons. The number of para-hydroxylation sites is 1. The van der Waals surface area contributed by atoms with E-state index in [-0.39, 0.29) is 24.1 Å². The number of likely N-dealkylation sites (N-methyl/N-ethyl adjacent to an activating group) is 1. The number of nitrogens with zero attached hydrogens (tertiary/aromatic N) is 4. The Balaban J connectivity index is 1.39. The standard InChI is InChI=1S/C29H29N5O3/c1-3-33(18-27-30-24-12-8-7-11-23(24)29(36)31-27)19-28(35)34-26(21-13-15-22(37-2)16-14-21)17-25(32-34)20-9-5-4-6-10-20/h4-16,26H,3,17-19H2,1-2H3,(H,30,31,36)/t26-/m0/s1. The van der Waals surface area contributed by atoms with Gasteiger partial charge in [-0.05, 0) is 41.9 Å². The lowest BCUT2D eigenvalue weighted by atomic mass is 9.98. The van der Waals surface area contributed by atoms with Crippen LogP contribution >= 0.6 is 0 Å². The average Bonchev–Trinajstić information content (AvgIpc) is 3.39. The largest absolute Gasteiger partial charge is 0.497 e. The summed E-state index contributed by atoms with van der Waals surface area (Å²) in [4.78, 5) is 35.5. The number of nitrogens with one attached hydrogen (secondary N) is 1. The van der Waals surface area contributed by atoms with Crippen LogP contribution in [0.15, 0.2) is 88.8 Å². The number of rotatable bonds is 8. The van der Waals surface area contributed by atoms with Crippen LogP contribution in [0.4, 0.5) is 0 Å². The molecule has 0 saturated heterocycles. The first-order valence-corrected chi connectivity index (χ1v) is 12.3. The summed E-state index contributed by atoms with van der Waals surface area (Å²) in [5.41, 5.74) is 3.33.